The number of rotatable bonds is 7. The van der Waals surface area contributed by atoms with Crippen LogP contribution >= 0.6 is 11.6 Å². The largest absolute Gasteiger partial charge is 0.493 e. The molecule has 0 bridgehead atoms. The van der Waals surface area contributed by atoms with Crippen molar-refractivity contribution in [2.24, 2.45) is 0 Å². The van der Waals surface area contributed by atoms with Gasteiger partial charge in [0.2, 0.25) is 0 Å². The van der Waals surface area contributed by atoms with E-state index in [1.54, 1.807) is 36.5 Å². The van der Waals surface area contributed by atoms with Gasteiger partial charge in [0.1, 0.15) is 0 Å². The minimum atomic E-state index is -0.152. The molecule has 1 heterocycles. The van der Waals surface area contributed by atoms with Crippen LogP contribution in [0.1, 0.15) is 29.3 Å². The molecule has 1 aromatic carbocycles. The van der Waals surface area contributed by atoms with Gasteiger partial charge in [-0.3, -0.25) is 9.78 Å². The fourth-order valence-corrected chi connectivity index (χ4v) is 2.51. The quantitative estimate of drug-likeness (QED) is 0.763. The molecule has 0 atom stereocenters. The van der Waals surface area contributed by atoms with Crippen molar-refractivity contribution in [2.75, 3.05) is 20.8 Å². The third-order valence-corrected chi connectivity index (χ3v) is 3.70. The number of halogens is 1. The number of pyridine rings is 1. The van der Waals surface area contributed by atoms with Crippen molar-refractivity contribution in [3.63, 3.8) is 0 Å². The van der Waals surface area contributed by atoms with Crippen molar-refractivity contribution < 1.29 is 14.3 Å². The van der Waals surface area contributed by atoms with Gasteiger partial charge < -0.3 is 14.4 Å². The molecule has 6 heteroatoms. The topological polar surface area (TPSA) is 51.7 Å². The number of hydrogen-bond donors (Lipinski definition) is 0. The number of benzene rings is 1. The van der Waals surface area contributed by atoms with Crippen molar-refractivity contribution in [3.05, 3.63) is 52.8 Å². The lowest BCUT2D eigenvalue weighted by Crippen LogP contribution is -2.26. The summed E-state index contributed by atoms with van der Waals surface area (Å²) in [5, 5.41) is 0.362. The number of amides is 1. The van der Waals surface area contributed by atoms with Crippen LogP contribution in [0.2, 0.25) is 5.02 Å². The van der Waals surface area contributed by atoms with Crippen LogP contribution in [0, 0.1) is 0 Å². The molecule has 0 spiro atoms. The van der Waals surface area contributed by atoms with Gasteiger partial charge >= 0.3 is 0 Å². The van der Waals surface area contributed by atoms with Gasteiger partial charge in [0.25, 0.3) is 5.91 Å². The molecule has 1 aromatic heterocycles. The molecule has 0 radical (unpaired) electrons. The fourth-order valence-electron chi connectivity index (χ4n) is 2.25. The Hall–Kier alpha value is -2.27. The second kappa shape index (κ2) is 8.55. The predicted molar refractivity (Wildman–Crippen MR) is 93.8 cm³/mol. The maximum atomic E-state index is 12.6. The van der Waals surface area contributed by atoms with Gasteiger partial charge in [0, 0.05) is 31.5 Å². The second-order valence-electron chi connectivity index (χ2n) is 5.36. The Morgan fingerprint density at radius 1 is 1.38 bits per heavy atom. The summed E-state index contributed by atoms with van der Waals surface area (Å²) in [6, 6.07) is 7.02. The smallest absolute Gasteiger partial charge is 0.254 e. The average Bonchev–Trinajstić information content (AvgIpc) is 2.60. The molecule has 1 amide bonds. The monoisotopic (exact) mass is 348 g/mol. The first-order chi connectivity index (χ1) is 11.6. The summed E-state index contributed by atoms with van der Waals surface area (Å²) in [4.78, 5) is 18.3. The zero-order valence-corrected chi connectivity index (χ0v) is 14.8. The third-order valence-electron chi connectivity index (χ3n) is 3.42. The maximum absolute atomic E-state index is 12.6. The van der Waals surface area contributed by atoms with Gasteiger partial charge in [-0.25, -0.2) is 0 Å². The molecule has 0 N–H and O–H groups in total. The molecule has 2 rings (SSSR count). The van der Waals surface area contributed by atoms with Crippen LogP contribution in [-0.2, 0) is 6.54 Å². The van der Waals surface area contributed by atoms with E-state index in [0.717, 1.165) is 12.0 Å². The lowest BCUT2D eigenvalue weighted by molar-refractivity contribution is 0.0784. The molecule has 24 heavy (non-hydrogen) atoms. The Bertz CT molecular complexity index is 692. The van der Waals surface area contributed by atoms with Crippen molar-refractivity contribution in [2.45, 2.75) is 19.9 Å². The molecule has 0 fully saturated rings. The Morgan fingerprint density at radius 3 is 2.79 bits per heavy atom. The molecule has 0 aliphatic carbocycles. The molecule has 0 saturated carbocycles. The maximum Gasteiger partial charge on any atom is 0.254 e. The van der Waals surface area contributed by atoms with E-state index in [0.29, 0.717) is 35.2 Å². The van der Waals surface area contributed by atoms with Crippen molar-refractivity contribution in [3.8, 4) is 11.5 Å². The van der Waals surface area contributed by atoms with Gasteiger partial charge in [0.05, 0.1) is 18.7 Å². The van der Waals surface area contributed by atoms with Gasteiger partial charge in [-0.2, -0.15) is 0 Å². The van der Waals surface area contributed by atoms with E-state index in [-0.39, 0.29) is 5.91 Å². The van der Waals surface area contributed by atoms with Crippen LogP contribution < -0.4 is 9.47 Å². The highest BCUT2D eigenvalue weighted by molar-refractivity contribution is 6.32. The van der Waals surface area contributed by atoms with Gasteiger partial charge in [-0.1, -0.05) is 24.6 Å². The van der Waals surface area contributed by atoms with Crippen LogP contribution in [0.25, 0.3) is 0 Å². The zero-order chi connectivity index (χ0) is 17.5. The summed E-state index contributed by atoms with van der Waals surface area (Å²) < 4.78 is 10.9. The summed E-state index contributed by atoms with van der Waals surface area (Å²) >= 11 is 6.27. The minimum absolute atomic E-state index is 0.152. The lowest BCUT2D eigenvalue weighted by atomic mass is 10.1. The number of nitrogens with zero attached hydrogens (tertiary/aromatic N) is 2. The van der Waals surface area contributed by atoms with Crippen LogP contribution in [0.5, 0.6) is 11.5 Å². The van der Waals surface area contributed by atoms with E-state index in [9.17, 15) is 4.79 Å². The minimum Gasteiger partial charge on any atom is -0.493 e. The standard InChI is InChI=1S/C18H21ClN2O3/c1-4-8-24-17-15(19)9-14(10-16(17)23-3)18(22)21(2)12-13-6-5-7-20-11-13/h5-7,9-11H,4,8,12H2,1-3H3. The fraction of sp³-hybridized carbons (Fsp3) is 0.333. The van der Waals surface area contributed by atoms with E-state index in [1.165, 1.54) is 7.11 Å². The van der Waals surface area contributed by atoms with Gasteiger partial charge in [0.15, 0.2) is 11.5 Å². The molecular formula is C18H21ClN2O3. The SMILES string of the molecule is CCCOc1c(Cl)cc(C(=O)N(C)Cc2cccnc2)cc1OC. The van der Waals surface area contributed by atoms with Crippen LogP contribution in [-0.4, -0.2) is 36.6 Å². The number of ether oxygens (including phenoxy) is 2. The summed E-state index contributed by atoms with van der Waals surface area (Å²) in [6.45, 7) is 3.00. The number of carbonyl (C=O) groups is 1. The first-order valence-corrected chi connectivity index (χ1v) is 8.09. The summed E-state index contributed by atoms with van der Waals surface area (Å²) in [7, 11) is 3.26. The number of methoxy groups -OCH3 is 1. The molecular weight excluding hydrogens is 328 g/mol. The van der Waals surface area contributed by atoms with Gasteiger partial charge in [-0.15, -0.1) is 0 Å². The van der Waals surface area contributed by atoms with Gasteiger partial charge in [-0.05, 0) is 30.2 Å². The highest BCUT2D eigenvalue weighted by Gasteiger charge is 2.18. The first kappa shape index (κ1) is 18.1. The van der Waals surface area contributed by atoms with E-state index < -0.39 is 0 Å². The van der Waals surface area contributed by atoms with Crippen LogP contribution in [0.3, 0.4) is 0 Å². The first-order valence-electron chi connectivity index (χ1n) is 7.71. The van der Waals surface area contributed by atoms with Crippen molar-refractivity contribution in [1.29, 1.82) is 0 Å². The Morgan fingerprint density at radius 2 is 2.17 bits per heavy atom. The van der Waals surface area contributed by atoms with E-state index in [4.69, 9.17) is 21.1 Å². The molecule has 2 aromatic rings. The number of carbonyl (C=O) groups excluding carboxylic acids is 1. The van der Waals surface area contributed by atoms with Crippen LogP contribution in [0.4, 0.5) is 0 Å². The van der Waals surface area contributed by atoms with Crippen molar-refractivity contribution in [1.82, 2.24) is 9.88 Å². The second-order valence-corrected chi connectivity index (χ2v) is 5.77. The Kier molecular flexibility index (Phi) is 6.44. The van der Waals surface area contributed by atoms with E-state index >= 15 is 0 Å². The molecule has 0 unspecified atom stereocenters. The molecule has 5 nitrogen and oxygen atoms in total. The lowest BCUT2D eigenvalue weighted by Gasteiger charge is -2.19. The third kappa shape index (κ3) is 4.38. The molecule has 0 aliphatic heterocycles. The highest BCUT2D eigenvalue weighted by Crippen LogP contribution is 2.36. The summed E-state index contributed by atoms with van der Waals surface area (Å²) in [5.74, 6) is 0.766. The van der Waals surface area contributed by atoms with E-state index in [2.05, 4.69) is 4.98 Å². The Labute approximate surface area is 147 Å². The van der Waals surface area contributed by atoms with Crippen molar-refractivity contribution >= 4 is 17.5 Å². The van der Waals surface area contributed by atoms with E-state index in [1.807, 2.05) is 19.1 Å². The highest BCUT2D eigenvalue weighted by atomic mass is 35.5. The molecule has 128 valence electrons. The van der Waals surface area contributed by atoms with Crippen LogP contribution in [0.15, 0.2) is 36.7 Å². The number of aromatic nitrogens is 1. The average molecular weight is 349 g/mol. The number of hydrogen-bond acceptors (Lipinski definition) is 4. The summed E-state index contributed by atoms with van der Waals surface area (Å²) in [6.07, 6.45) is 4.29. The summed E-state index contributed by atoms with van der Waals surface area (Å²) in [5.41, 5.74) is 1.40. The Balaban J connectivity index is 2.21. The normalized spacial score (nSPS) is 10.3. The molecule has 0 saturated heterocycles. The molecule has 0 aliphatic rings. The predicted octanol–water partition coefficient (Wildman–Crippen LogP) is 3.80. The zero-order valence-electron chi connectivity index (χ0n) is 14.1.